The molecule has 6 rings (SSSR count). The summed E-state index contributed by atoms with van der Waals surface area (Å²) >= 11 is 13.6. The third-order valence-electron chi connectivity index (χ3n) is 9.79. The van der Waals surface area contributed by atoms with E-state index in [1.165, 1.54) is 6.20 Å². The Morgan fingerprint density at radius 3 is 2.40 bits per heavy atom. The molecule has 0 aliphatic rings. The Hall–Kier alpha value is -5.52. The Balaban J connectivity index is 1.28. The number of methoxy groups -OCH3 is 1. The Morgan fingerprint density at radius 1 is 0.879 bits per heavy atom. The highest BCUT2D eigenvalue weighted by molar-refractivity contribution is 6.32. The van der Waals surface area contributed by atoms with Crippen LogP contribution in [0.25, 0.3) is 22.0 Å². The van der Waals surface area contributed by atoms with Crippen molar-refractivity contribution in [3.05, 3.63) is 134 Å². The van der Waals surface area contributed by atoms with E-state index in [1.807, 2.05) is 48.0 Å². The van der Waals surface area contributed by atoms with Crippen molar-refractivity contribution in [1.82, 2.24) is 25.4 Å². The molecule has 0 spiro atoms. The van der Waals surface area contributed by atoms with Crippen LogP contribution in [-0.4, -0.2) is 64.2 Å². The molecule has 14 heteroatoms. The number of nitrogens with zero attached hydrogens (tertiary/aromatic N) is 4. The summed E-state index contributed by atoms with van der Waals surface area (Å²) in [6.07, 6.45) is 3.77. The minimum absolute atomic E-state index is 0.0333. The highest BCUT2D eigenvalue weighted by Crippen LogP contribution is 2.37. The summed E-state index contributed by atoms with van der Waals surface area (Å²) in [5.74, 6) is 1.66. The van der Waals surface area contributed by atoms with Gasteiger partial charge in [0.15, 0.2) is 0 Å². The Morgan fingerprint density at radius 2 is 1.64 bits per heavy atom. The van der Waals surface area contributed by atoms with Crippen molar-refractivity contribution in [2.75, 3.05) is 26.9 Å². The number of aryl methyl sites for hydroxylation is 1. The molecule has 2 heterocycles. The number of nitrogens with one attached hydrogen (secondary N) is 2. The van der Waals surface area contributed by atoms with E-state index in [4.69, 9.17) is 47.6 Å². The fourth-order valence-corrected chi connectivity index (χ4v) is 7.23. The number of aldehydes is 1. The lowest BCUT2D eigenvalue weighted by molar-refractivity contribution is -0.110. The summed E-state index contributed by atoms with van der Waals surface area (Å²) in [6, 6.07) is 22.6. The number of pyridine rings is 1. The quantitative estimate of drug-likeness (QED) is 0.0500. The Labute approximate surface area is 346 Å². The number of aliphatic hydroxyl groups is 2. The summed E-state index contributed by atoms with van der Waals surface area (Å²) in [7, 11) is 1.60. The molecule has 1 unspecified atom stereocenters. The van der Waals surface area contributed by atoms with E-state index in [1.54, 1.807) is 31.5 Å². The first-order valence-electron chi connectivity index (χ1n) is 18.6. The lowest BCUT2D eigenvalue weighted by Gasteiger charge is -2.17. The highest BCUT2D eigenvalue weighted by atomic mass is 35.5. The highest BCUT2D eigenvalue weighted by Gasteiger charge is 2.19. The van der Waals surface area contributed by atoms with E-state index in [2.05, 4.69) is 40.7 Å². The lowest BCUT2D eigenvalue weighted by Crippen LogP contribution is -2.33. The molecule has 58 heavy (non-hydrogen) atoms. The van der Waals surface area contributed by atoms with Crippen molar-refractivity contribution < 1.29 is 29.2 Å². The first kappa shape index (κ1) is 42.1. The molecule has 300 valence electrons. The van der Waals surface area contributed by atoms with Crippen LogP contribution < -0.4 is 24.8 Å². The molecule has 0 aliphatic carbocycles. The van der Waals surface area contributed by atoms with E-state index in [9.17, 15) is 15.2 Å². The fraction of sp³-hybridized carbons (Fsp3) is 0.273. The van der Waals surface area contributed by atoms with Gasteiger partial charge in [0.2, 0.25) is 0 Å². The van der Waals surface area contributed by atoms with Gasteiger partial charge in [-0.3, -0.25) is 9.67 Å². The number of nitriles is 1. The topological polar surface area (TPSA) is 164 Å². The van der Waals surface area contributed by atoms with Crippen molar-refractivity contribution in [3.63, 3.8) is 0 Å². The zero-order valence-electron chi connectivity index (χ0n) is 32.4. The minimum Gasteiger partial charge on any atom is -0.496 e. The van der Waals surface area contributed by atoms with Gasteiger partial charge >= 0.3 is 0 Å². The lowest BCUT2D eigenvalue weighted by atomic mass is 9.94. The predicted octanol–water partition coefficient (Wildman–Crippen LogP) is 6.84. The molecule has 12 nitrogen and oxygen atoms in total. The van der Waals surface area contributed by atoms with Gasteiger partial charge in [-0.2, -0.15) is 10.4 Å². The molecule has 2 aromatic heterocycles. The van der Waals surface area contributed by atoms with Gasteiger partial charge in [-0.1, -0.05) is 53.5 Å². The van der Waals surface area contributed by atoms with Crippen LogP contribution in [0.3, 0.4) is 0 Å². The molecule has 1 atom stereocenters. The number of carbonyl (C=O) groups excluding carboxylic acids is 1. The van der Waals surface area contributed by atoms with Crippen LogP contribution in [-0.2, 0) is 37.6 Å². The Kier molecular flexibility index (Phi) is 14.3. The van der Waals surface area contributed by atoms with E-state index in [-0.39, 0.29) is 33.0 Å². The number of hydrogen-bond donors (Lipinski definition) is 4. The van der Waals surface area contributed by atoms with Gasteiger partial charge in [-0.15, -0.1) is 0 Å². The van der Waals surface area contributed by atoms with Crippen molar-refractivity contribution >= 4 is 40.4 Å². The zero-order valence-corrected chi connectivity index (χ0v) is 33.9. The van der Waals surface area contributed by atoms with Crippen LogP contribution in [0.15, 0.2) is 79.1 Å². The number of hydrogen-bond acceptors (Lipinski definition) is 11. The summed E-state index contributed by atoms with van der Waals surface area (Å²) in [6.45, 7) is 5.67. The van der Waals surface area contributed by atoms with Crippen LogP contribution in [0.5, 0.6) is 17.2 Å². The van der Waals surface area contributed by atoms with E-state index in [0.29, 0.717) is 69.9 Å². The molecule has 6 aromatic rings. The fourth-order valence-electron chi connectivity index (χ4n) is 6.75. The normalized spacial score (nSPS) is 11.7. The third kappa shape index (κ3) is 9.77. The molecular weight excluding hydrogens is 779 g/mol. The molecule has 0 saturated carbocycles. The third-order valence-corrected chi connectivity index (χ3v) is 10.4. The van der Waals surface area contributed by atoms with Gasteiger partial charge in [0.05, 0.1) is 54.7 Å². The minimum atomic E-state index is -0.751. The number of benzene rings is 4. The van der Waals surface area contributed by atoms with Crippen molar-refractivity contribution in [1.29, 1.82) is 5.26 Å². The molecular formula is C44H44Cl2N6O6. The smallest absolute Gasteiger partial charge is 0.142 e. The maximum Gasteiger partial charge on any atom is 0.142 e. The number of carbonyl (C=O) groups is 1. The van der Waals surface area contributed by atoms with Crippen LogP contribution in [0.2, 0.25) is 10.0 Å². The number of rotatable bonds is 19. The first-order chi connectivity index (χ1) is 28.2. The maximum absolute atomic E-state index is 11.4. The van der Waals surface area contributed by atoms with Gasteiger partial charge in [-0.05, 0) is 72.0 Å². The summed E-state index contributed by atoms with van der Waals surface area (Å²) in [5, 5.41) is 41.1. The number of aromatic nitrogens is 3. The van der Waals surface area contributed by atoms with Gasteiger partial charge in [0.1, 0.15) is 42.8 Å². The molecule has 0 aliphatic heterocycles. The van der Waals surface area contributed by atoms with Gasteiger partial charge in [0.25, 0.3) is 0 Å². The number of ether oxygens (including phenoxy) is 3. The van der Waals surface area contributed by atoms with Gasteiger partial charge in [0, 0.05) is 65.2 Å². The summed E-state index contributed by atoms with van der Waals surface area (Å²) < 4.78 is 20.1. The van der Waals surface area contributed by atoms with Crippen molar-refractivity contribution in [2.24, 2.45) is 0 Å². The largest absolute Gasteiger partial charge is 0.496 e. The first-order valence-corrected chi connectivity index (χ1v) is 19.4. The van der Waals surface area contributed by atoms with Crippen LogP contribution in [0.4, 0.5) is 0 Å². The molecule has 0 fully saturated rings. The van der Waals surface area contributed by atoms with E-state index >= 15 is 0 Å². The second-order valence-corrected chi connectivity index (χ2v) is 14.5. The van der Waals surface area contributed by atoms with Gasteiger partial charge in [-0.25, -0.2) is 0 Å². The molecule has 4 N–H and O–H groups in total. The SMILES string of the molecule is COc1cc(OCc2cccc(-c3cccc4c3c(C)nn4Cc3cc(OCc4cncc(C#N)c4)c(CNC(C=O)CO)cc3Cl)c2C)c(Cl)cc1CNCCO. The molecule has 0 bridgehead atoms. The van der Waals surface area contributed by atoms with Crippen LogP contribution in [0.1, 0.15) is 44.6 Å². The number of fused-ring (bicyclic) bond motifs is 1. The van der Waals surface area contributed by atoms with Crippen molar-refractivity contribution in [2.45, 2.75) is 52.7 Å². The maximum atomic E-state index is 11.4. The van der Waals surface area contributed by atoms with Crippen LogP contribution >= 0.6 is 23.2 Å². The average molecular weight is 824 g/mol. The average Bonchev–Trinajstić information content (AvgIpc) is 3.56. The summed E-state index contributed by atoms with van der Waals surface area (Å²) in [5.41, 5.74) is 9.32. The summed E-state index contributed by atoms with van der Waals surface area (Å²) in [4.78, 5) is 15.5. The molecule has 0 radical (unpaired) electrons. The molecule has 0 saturated heterocycles. The van der Waals surface area contributed by atoms with E-state index in [0.717, 1.165) is 50.0 Å². The zero-order chi connectivity index (χ0) is 41.2. The van der Waals surface area contributed by atoms with Crippen molar-refractivity contribution in [3.8, 4) is 34.4 Å². The molecule has 4 aromatic carbocycles. The second-order valence-electron chi connectivity index (χ2n) is 13.7. The van der Waals surface area contributed by atoms with Crippen LogP contribution in [0, 0.1) is 25.2 Å². The Bertz CT molecular complexity index is 2450. The van der Waals surface area contributed by atoms with Gasteiger partial charge < -0.3 is 39.9 Å². The second kappa shape index (κ2) is 19.8. The van der Waals surface area contributed by atoms with E-state index < -0.39 is 6.04 Å². The predicted molar refractivity (Wildman–Crippen MR) is 223 cm³/mol. The standard InChI is InChI=1S/C44H44Cl2N6O6/c1-27-31(26-58-43-16-41(56-3)32(14-39(43)46)20-48-10-11-53)6-4-7-36(27)37-8-5-9-40-44(37)28(2)51-52(40)22-34-15-42(57-25-30-12-29(17-47)18-49-19-30)33(13-38(34)45)21-50-35(23-54)24-55/h4-9,12-16,18-19,23,35,48,50,53,55H,10-11,20-22,24-26H2,1-3H3. The molecule has 0 amide bonds. The number of aliphatic hydroxyl groups excluding tert-OH is 2. The monoisotopic (exact) mass is 822 g/mol. The number of halogens is 2.